The lowest BCUT2D eigenvalue weighted by Gasteiger charge is -2.11. The van der Waals surface area contributed by atoms with Crippen LogP contribution in [0.5, 0.6) is 5.75 Å². The van der Waals surface area contributed by atoms with Crippen molar-refractivity contribution < 1.29 is 4.74 Å². The van der Waals surface area contributed by atoms with Crippen LogP contribution in [0.15, 0.2) is 47.5 Å². The predicted octanol–water partition coefficient (Wildman–Crippen LogP) is 3.66. The van der Waals surface area contributed by atoms with Crippen LogP contribution in [0.25, 0.3) is 16.9 Å². The SMILES string of the molecule is COc1cccc(-c2[nH]n3c(=O)cc(C(C)Cn4cc(Cl)cn4)nc3c2C)c1. The number of methoxy groups -OCH3 is 1. The molecule has 1 N–H and O–H groups in total. The quantitative estimate of drug-likeness (QED) is 0.557. The normalized spacial score (nSPS) is 12.4. The van der Waals surface area contributed by atoms with E-state index in [4.69, 9.17) is 21.3 Å². The van der Waals surface area contributed by atoms with Crippen LogP contribution in [-0.2, 0) is 6.54 Å². The molecule has 0 aliphatic carbocycles. The van der Waals surface area contributed by atoms with Crippen molar-refractivity contribution in [3.8, 4) is 17.0 Å². The van der Waals surface area contributed by atoms with Crippen LogP contribution in [0.3, 0.4) is 0 Å². The van der Waals surface area contributed by atoms with Gasteiger partial charge in [0.05, 0.1) is 29.7 Å². The number of benzene rings is 1. The van der Waals surface area contributed by atoms with Crippen molar-refractivity contribution in [3.05, 3.63) is 69.4 Å². The first-order valence-electron chi connectivity index (χ1n) is 8.91. The number of aromatic amines is 1. The Balaban J connectivity index is 1.76. The molecule has 0 amide bonds. The van der Waals surface area contributed by atoms with Crippen molar-refractivity contribution in [3.63, 3.8) is 0 Å². The maximum Gasteiger partial charge on any atom is 0.272 e. The average molecular weight is 398 g/mol. The minimum atomic E-state index is -0.150. The molecule has 28 heavy (non-hydrogen) atoms. The molecule has 0 aliphatic heterocycles. The summed E-state index contributed by atoms with van der Waals surface area (Å²) < 4.78 is 8.54. The van der Waals surface area contributed by atoms with Gasteiger partial charge >= 0.3 is 0 Å². The number of nitrogens with one attached hydrogen (secondary N) is 1. The highest BCUT2D eigenvalue weighted by atomic mass is 35.5. The number of nitrogens with zero attached hydrogens (tertiary/aromatic N) is 4. The zero-order valence-electron chi connectivity index (χ0n) is 15.8. The molecule has 0 saturated heterocycles. The van der Waals surface area contributed by atoms with Gasteiger partial charge in [-0.25, -0.2) is 9.50 Å². The number of halogens is 1. The fourth-order valence-electron chi connectivity index (χ4n) is 3.29. The lowest BCUT2D eigenvalue weighted by molar-refractivity contribution is 0.415. The van der Waals surface area contributed by atoms with Crippen LogP contribution in [0.2, 0.25) is 5.02 Å². The van der Waals surface area contributed by atoms with E-state index in [0.29, 0.717) is 17.2 Å². The second-order valence-electron chi connectivity index (χ2n) is 6.80. The number of hydrogen-bond donors (Lipinski definition) is 1. The van der Waals surface area contributed by atoms with Crippen molar-refractivity contribution >= 4 is 17.2 Å². The van der Waals surface area contributed by atoms with Crippen molar-refractivity contribution in [1.29, 1.82) is 0 Å². The number of H-pyrrole nitrogens is 1. The molecular formula is C20H20ClN5O2. The highest BCUT2D eigenvalue weighted by Gasteiger charge is 2.17. The van der Waals surface area contributed by atoms with Gasteiger partial charge in [0.25, 0.3) is 5.56 Å². The summed E-state index contributed by atoms with van der Waals surface area (Å²) >= 11 is 5.93. The Kier molecular flexibility index (Phi) is 4.68. The van der Waals surface area contributed by atoms with Crippen molar-refractivity contribution in [2.75, 3.05) is 7.11 Å². The standard InChI is InChI=1S/C20H20ClN5O2/c1-12(10-25-11-15(21)9-22-25)17-8-18(27)26-20(23-17)13(2)19(24-26)14-5-4-6-16(7-14)28-3/h4-9,11-12,24H,10H2,1-3H3. The molecule has 4 rings (SSSR count). The monoisotopic (exact) mass is 397 g/mol. The Labute approximate surface area is 166 Å². The second-order valence-corrected chi connectivity index (χ2v) is 7.24. The van der Waals surface area contributed by atoms with E-state index in [-0.39, 0.29) is 11.5 Å². The molecule has 1 aromatic carbocycles. The molecule has 0 spiro atoms. The number of aromatic nitrogens is 5. The predicted molar refractivity (Wildman–Crippen MR) is 108 cm³/mol. The molecule has 1 unspecified atom stereocenters. The lowest BCUT2D eigenvalue weighted by Crippen LogP contribution is -2.18. The molecule has 0 saturated carbocycles. The van der Waals surface area contributed by atoms with Gasteiger partial charge in [-0.15, -0.1) is 0 Å². The van der Waals surface area contributed by atoms with E-state index in [9.17, 15) is 4.79 Å². The molecule has 0 radical (unpaired) electrons. The van der Waals surface area contributed by atoms with E-state index in [1.54, 1.807) is 30.3 Å². The van der Waals surface area contributed by atoms with Crippen molar-refractivity contribution in [1.82, 2.24) is 24.4 Å². The molecule has 144 valence electrons. The van der Waals surface area contributed by atoms with Gasteiger partial charge in [-0.1, -0.05) is 30.7 Å². The largest absolute Gasteiger partial charge is 0.497 e. The van der Waals surface area contributed by atoms with E-state index in [2.05, 4.69) is 10.2 Å². The van der Waals surface area contributed by atoms with Crippen molar-refractivity contribution in [2.45, 2.75) is 26.3 Å². The molecule has 0 aliphatic rings. The van der Waals surface area contributed by atoms with Gasteiger partial charge in [0.15, 0.2) is 5.65 Å². The van der Waals surface area contributed by atoms with E-state index in [1.165, 1.54) is 4.52 Å². The summed E-state index contributed by atoms with van der Waals surface area (Å²) in [6, 6.07) is 9.25. The number of fused-ring (bicyclic) bond motifs is 1. The third-order valence-corrected chi connectivity index (χ3v) is 4.99. The van der Waals surface area contributed by atoms with Gasteiger partial charge in [0, 0.05) is 35.9 Å². The van der Waals surface area contributed by atoms with Crippen LogP contribution in [-0.4, -0.2) is 31.5 Å². The van der Waals surface area contributed by atoms with Crippen LogP contribution in [0.1, 0.15) is 24.1 Å². The smallest absolute Gasteiger partial charge is 0.272 e. The Morgan fingerprint density at radius 3 is 2.86 bits per heavy atom. The number of hydrogen-bond acceptors (Lipinski definition) is 4. The summed E-state index contributed by atoms with van der Waals surface area (Å²) in [5.74, 6) is 0.756. The zero-order valence-corrected chi connectivity index (χ0v) is 16.6. The Bertz CT molecular complexity index is 1210. The third-order valence-electron chi connectivity index (χ3n) is 4.80. The fraction of sp³-hybridized carbons (Fsp3) is 0.250. The summed E-state index contributed by atoms with van der Waals surface area (Å²) in [5.41, 5.74) is 3.86. The number of aryl methyl sites for hydroxylation is 1. The van der Waals surface area contributed by atoms with E-state index in [1.807, 2.05) is 38.1 Å². The first-order chi connectivity index (χ1) is 13.5. The Hall–Kier alpha value is -3.06. The highest BCUT2D eigenvalue weighted by Crippen LogP contribution is 2.27. The zero-order chi connectivity index (χ0) is 19.8. The fourth-order valence-corrected chi connectivity index (χ4v) is 3.45. The highest BCUT2D eigenvalue weighted by molar-refractivity contribution is 6.30. The average Bonchev–Trinajstić information content (AvgIpc) is 3.25. The topological polar surface area (TPSA) is 77.2 Å². The molecule has 0 fully saturated rings. The van der Waals surface area contributed by atoms with Crippen molar-refractivity contribution in [2.24, 2.45) is 0 Å². The maximum atomic E-state index is 12.7. The number of rotatable bonds is 5. The van der Waals surface area contributed by atoms with Gasteiger partial charge in [-0.05, 0) is 19.1 Å². The molecular weight excluding hydrogens is 378 g/mol. The van der Waals surface area contributed by atoms with Crippen LogP contribution < -0.4 is 10.3 Å². The van der Waals surface area contributed by atoms with Gasteiger partial charge in [0.1, 0.15) is 5.75 Å². The van der Waals surface area contributed by atoms with Crippen LogP contribution in [0.4, 0.5) is 0 Å². The van der Waals surface area contributed by atoms with E-state index >= 15 is 0 Å². The lowest BCUT2D eigenvalue weighted by atomic mass is 10.1. The van der Waals surface area contributed by atoms with Gasteiger partial charge in [-0.3, -0.25) is 14.6 Å². The molecule has 3 heterocycles. The van der Waals surface area contributed by atoms with Crippen LogP contribution in [0, 0.1) is 6.92 Å². The summed E-state index contributed by atoms with van der Waals surface area (Å²) in [5, 5.41) is 7.95. The summed E-state index contributed by atoms with van der Waals surface area (Å²) in [6.07, 6.45) is 3.35. The minimum absolute atomic E-state index is 0.00300. The maximum absolute atomic E-state index is 12.7. The van der Waals surface area contributed by atoms with E-state index in [0.717, 1.165) is 28.3 Å². The molecule has 3 aromatic heterocycles. The Morgan fingerprint density at radius 1 is 1.32 bits per heavy atom. The second kappa shape index (κ2) is 7.16. The molecule has 8 heteroatoms. The third kappa shape index (κ3) is 3.29. The summed E-state index contributed by atoms with van der Waals surface area (Å²) in [6.45, 7) is 4.55. The van der Waals surface area contributed by atoms with Crippen LogP contribution >= 0.6 is 11.6 Å². The van der Waals surface area contributed by atoms with Gasteiger partial charge in [-0.2, -0.15) is 5.10 Å². The first-order valence-corrected chi connectivity index (χ1v) is 9.28. The molecule has 1 atom stereocenters. The summed E-state index contributed by atoms with van der Waals surface area (Å²) in [4.78, 5) is 17.5. The number of ether oxygens (including phenoxy) is 1. The first kappa shape index (κ1) is 18.3. The Morgan fingerprint density at radius 2 is 2.14 bits per heavy atom. The minimum Gasteiger partial charge on any atom is -0.497 e. The molecule has 7 nitrogen and oxygen atoms in total. The molecule has 0 bridgehead atoms. The molecule has 4 aromatic rings. The van der Waals surface area contributed by atoms with E-state index < -0.39 is 0 Å². The summed E-state index contributed by atoms with van der Waals surface area (Å²) in [7, 11) is 1.63. The van der Waals surface area contributed by atoms with Gasteiger partial charge in [0.2, 0.25) is 0 Å². The van der Waals surface area contributed by atoms with Gasteiger partial charge < -0.3 is 4.74 Å².